The molecule has 0 bridgehead atoms. The van der Waals surface area contributed by atoms with E-state index in [0.717, 1.165) is 10.0 Å². The Morgan fingerprint density at radius 2 is 2.20 bits per heavy atom. The van der Waals surface area contributed by atoms with Crippen LogP contribution in [0, 0.1) is 10.1 Å². The number of ether oxygens (including phenoxy) is 1. The molecular formula is C13H12BrN3O3. The van der Waals surface area contributed by atoms with Gasteiger partial charge in [-0.3, -0.25) is 10.1 Å². The van der Waals surface area contributed by atoms with Gasteiger partial charge >= 0.3 is 5.69 Å². The summed E-state index contributed by atoms with van der Waals surface area (Å²) >= 11 is 3.36. The molecule has 104 valence electrons. The van der Waals surface area contributed by atoms with Crippen LogP contribution in [-0.2, 0) is 6.61 Å². The first-order valence-corrected chi connectivity index (χ1v) is 6.60. The van der Waals surface area contributed by atoms with E-state index in [-0.39, 0.29) is 18.2 Å². The van der Waals surface area contributed by atoms with Gasteiger partial charge in [0.2, 0.25) is 0 Å². The van der Waals surface area contributed by atoms with Gasteiger partial charge in [-0.05, 0) is 23.8 Å². The molecule has 6 nitrogen and oxygen atoms in total. The van der Waals surface area contributed by atoms with Crippen molar-refractivity contribution in [3.05, 3.63) is 56.5 Å². The van der Waals surface area contributed by atoms with E-state index in [4.69, 9.17) is 4.74 Å². The average Bonchev–Trinajstić information content (AvgIpc) is 2.44. The van der Waals surface area contributed by atoms with Crippen molar-refractivity contribution in [1.29, 1.82) is 0 Å². The minimum atomic E-state index is -0.511. The summed E-state index contributed by atoms with van der Waals surface area (Å²) in [7, 11) is 1.69. The van der Waals surface area contributed by atoms with Crippen molar-refractivity contribution >= 4 is 27.4 Å². The summed E-state index contributed by atoms with van der Waals surface area (Å²) in [5.41, 5.74) is 0.740. The molecule has 2 aromatic rings. The van der Waals surface area contributed by atoms with Crippen molar-refractivity contribution in [2.75, 3.05) is 12.4 Å². The van der Waals surface area contributed by atoms with Gasteiger partial charge in [0.15, 0.2) is 0 Å². The van der Waals surface area contributed by atoms with Crippen LogP contribution in [0.25, 0.3) is 0 Å². The Kier molecular flexibility index (Phi) is 4.52. The number of nitro groups is 1. The fourth-order valence-corrected chi connectivity index (χ4v) is 2.04. The topological polar surface area (TPSA) is 77.3 Å². The Labute approximate surface area is 124 Å². The van der Waals surface area contributed by atoms with Gasteiger partial charge in [0.25, 0.3) is 5.88 Å². The number of nitrogens with zero attached hydrogens (tertiary/aromatic N) is 2. The minimum Gasteiger partial charge on any atom is -0.468 e. The number of hydrogen-bond donors (Lipinski definition) is 1. The lowest BCUT2D eigenvalue weighted by atomic mass is 10.2. The molecular weight excluding hydrogens is 326 g/mol. The molecule has 0 saturated heterocycles. The summed E-state index contributed by atoms with van der Waals surface area (Å²) in [6, 6.07) is 10.4. The van der Waals surface area contributed by atoms with E-state index in [0.29, 0.717) is 5.82 Å². The van der Waals surface area contributed by atoms with Crippen molar-refractivity contribution in [3.63, 3.8) is 0 Å². The van der Waals surface area contributed by atoms with E-state index in [9.17, 15) is 10.1 Å². The van der Waals surface area contributed by atoms with Gasteiger partial charge in [-0.1, -0.05) is 28.1 Å². The fourth-order valence-electron chi connectivity index (χ4n) is 1.60. The molecule has 0 spiro atoms. The highest BCUT2D eigenvalue weighted by Gasteiger charge is 2.17. The van der Waals surface area contributed by atoms with E-state index in [2.05, 4.69) is 26.2 Å². The third kappa shape index (κ3) is 3.45. The van der Waals surface area contributed by atoms with Gasteiger partial charge in [-0.25, -0.2) is 0 Å². The molecule has 0 saturated carbocycles. The van der Waals surface area contributed by atoms with E-state index >= 15 is 0 Å². The first-order chi connectivity index (χ1) is 9.60. The van der Waals surface area contributed by atoms with Crippen LogP contribution in [0.1, 0.15) is 5.56 Å². The second kappa shape index (κ2) is 6.33. The summed E-state index contributed by atoms with van der Waals surface area (Å²) < 4.78 is 6.39. The highest BCUT2D eigenvalue weighted by molar-refractivity contribution is 9.10. The molecule has 0 amide bonds. The Hall–Kier alpha value is -2.15. The summed E-state index contributed by atoms with van der Waals surface area (Å²) in [6.07, 6.45) is 0. The van der Waals surface area contributed by atoms with Crippen molar-refractivity contribution in [3.8, 4) is 5.88 Å². The van der Waals surface area contributed by atoms with Crippen LogP contribution in [0.3, 0.4) is 0 Å². The SMILES string of the molecule is CNc1ccc([N+](=O)[O-])c(OCc2cccc(Br)c2)n1. The van der Waals surface area contributed by atoms with E-state index < -0.39 is 4.92 Å². The number of halogens is 1. The van der Waals surface area contributed by atoms with Crippen molar-refractivity contribution < 1.29 is 9.66 Å². The zero-order valence-corrected chi connectivity index (χ0v) is 12.3. The Balaban J connectivity index is 2.21. The normalized spacial score (nSPS) is 10.1. The molecule has 0 unspecified atom stereocenters. The van der Waals surface area contributed by atoms with Crippen LogP contribution >= 0.6 is 15.9 Å². The van der Waals surface area contributed by atoms with Crippen molar-refractivity contribution in [1.82, 2.24) is 4.98 Å². The van der Waals surface area contributed by atoms with E-state index in [1.807, 2.05) is 24.3 Å². The van der Waals surface area contributed by atoms with E-state index in [1.165, 1.54) is 12.1 Å². The largest absolute Gasteiger partial charge is 0.468 e. The molecule has 0 aliphatic carbocycles. The average molecular weight is 338 g/mol. The summed E-state index contributed by atoms with van der Waals surface area (Å²) in [5, 5.41) is 13.8. The fraction of sp³-hybridized carbons (Fsp3) is 0.154. The third-order valence-electron chi connectivity index (χ3n) is 2.56. The number of pyridine rings is 1. The van der Waals surface area contributed by atoms with Gasteiger partial charge in [0.1, 0.15) is 12.4 Å². The van der Waals surface area contributed by atoms with Crippen LogP contribution in [0.2, 0.25) is 0 Å². The first kappa shape index (κ1) is 14.3. The van der Waals surface area contributed by atoms with Crippen LogP contribution < -0.4 is 10.1 Å². The predicted molar refractivity (Wildman–Crippen MR) is 78.9 cm³/mol. The highest BCUT2D eigenvalue weighted by atomic mass is 79.9. The summed E-state index contributed by atoms with van der Waals surface area (Å²) in [4.78, 5) is 14.5. The minimum absolute atomic E-state index is 0.00169. The second-order valence-corrected chi connectivity index (χ2v) is 4.86. The van der Waals surface area contributed by atoms with Crippen LogP contribution in [0.15, 0.2) is 40.9 Å². The summed E-state index contributed by atoms with van der Waals surface area (Å²) in [6.45, 7) is 0.209. The number of nitrogens with one attached hydrogen (secondary N) is 1. The number of rotatable bonds is 5. The molecule has 7 heteroatoms. The van der Waals surface area contributed by atoms with Crippen molar-refractivity contribution in [2.24, 2.45) is 0 Å². The zero-order chi connectivity index (χ0) is 14.5. The summed E-state index contributed by atoms with van der Waals surface area (Å²) in [5.74, 6) is 0.515. The van der Waals surface area contributed by atoms with Crippen LogP contribution in [0.5, 0.6) is 5.88 Å². The lowest BCUT2D eigenvalue weighted by Gasteiger charge is -2.08. The molecule has 0 aliphatic rings. The maximum absolute atomic E-state index is 10.9. The molecule has 1 heterocycles. The molecule has 0 atom stereocenters. The van der Waals surface area contributed by atoms with Gasteiger partial charge in [-0.2, -0.15) is 4.98 Å². The molecule has 0 radical (unpaired) electrons. The van der Waals surface area contributed by atoms with Gasteiger partial charge in [-0.15, -0.1) is 0 Å². The standard InChI is InChI=1S/C13H12BrN3O3/c1-15-12-6-5-11(17(18)19)13(16-12)20-8-9-3-2-4-10(14)7-9/h2-7H,8H2,1H3,(H,15,16). The first-order valence-electron chi connectivity index (χ1n) is 5.80. The molecule has 1 aromatic heterocycles. The molecule has 20 heavy (non-hydrogen) atoms. The van der Waals surface area contributed by atoms with Gasteiger partial charge in [0, 0.05) is 17.6 Å². The predicted octanol–water partition coefficient (Wildman–Crippen LogP) is 3.37. The Bertz CT molecular complexity index is 634. The maximum Gasteiger partial charge on any atom is 0.331 e. The molecule has 1 aromatic carbocycles. The number of anilines is 1. The Morgan fingerprint density at radius 3 is 2.85 bits per heavy atom. The highest BCUT2D eigenvalue weighted by Crippen LogP contribution is 2.27. The molecule has 0 fully saturated rings. The smallest absolute Gasteiger partial charge is 0.331 e. The van der Waals surface area contributed by atoms with Crippen molar-refractivity contribution in [2.45, 2.75) is 6.61 Å². The maximum atomic E-state index is 10.9. The lowest BCUT2D eigenvalue weighted by Crippen LogP contribution is -2.03. The van der Waals surface area contributed by atoms with Gasteiger partial charge in [0.05, 0.1) is 4.92 Å². The Morgan fingerprint density at radius 1 is 1.40 bits per heavy atom. The molecule has 0 aliphatic heterocycles. The van der Waals surface area contributed by atoms with Crippen LogP contribution in [-0.4, -0.2) is 17.0 Å². The third-order valence-corrected chi connectivity index (χ3v) is 3.05. The van der Waals surface area contributed by atoms with Crippen LogP contribution in [0.4, 0.5) is 11.5 Å². The lowest BCUT2D eigenvalue weighted by molar-refractivity contribution is -0.386. The second-order valence-electron chi connectivity index (χ2n) is 3.95. The molecule has 1 N–H and O–H groups in total. The quantitative estimate of drug-likeness (QED) is 0.668. The number of benzene rings is 1. The molecule has 2 rings (SSSR count). The monoisotopic (exact) mass is 337 g/mol. The number of hydrogen-bond acceptors (Lipinski definition) is 5. The zero-order valence-electron chi connectivity index (χ0n) is 10.7. The van der Waals surface area contributed by atoms with Gasteiger partial charge < -0.3 is 10.1 Å². The van der Waals surface area contributed by atoms with E-state index in [1.54, 1.807) is 7.05 Å². The number of aromatic nitrogens is 1.